The molecule has 5 heteroatoms. The van der Waals surface area contributed by atoms with Crippen molar-refractivity contribution in [2.45, 2.75) is 6.04 Å². The molecule has 0 aromatic carbocycles. The minimum Gasteiger partial charge on any atom is -0.481 e. The Bertz CT molecular complexity index is 568. The molecule has 0 radical (unpaired) electrons. The Hall–Kier alpha value is -1.88. The van der Waals surface area contributed by atoms with Crippen LogP contribution in [0.2, 0.25) is 0 Å². The number of nitrogens with zero attached hydrogens (tertiary/aromatic N) is 3. The van der Waals surface area contributed by atoms with E-state index in [1.165, 1.54) is 0 Å². The van der Waals surface area contributed by atoms with E-state index in [9.17, 15) is 0 Å². The van der Waals surface area contributed by atoms with Crippen molar-refractivity contribution < 1.29 is 4.74 Å². The van der Waals surface area contributed by atoms with Crippen LogP contribution in [-0.2, 0) is 0 Å². The zero-order chi connectivity index (χ0) is 12.5. The van der Waals surface area contributed by atoms with Gasteiger partial charge in [0.1, 0.15) is 5.52 Å². The van der Waals surface area contributed by atoms with Gasteiger partial charge in [0.2, 0.25) is 5.88 Å². The third-order valence-corrected chi connectivity index (χ3v) is 3.43. The fraction of sp³-hybridized carbons (Fsp3) is 0.385. The normalized spacial score (nSPS) is 15.4. The Morgan fingerprint density at radius 3 is 2.83 bits per heavy atom. The molecule has 18 heavy (non-hydrogen) atoms. The fourth-order valence-corrected chi connectivity index (χ4v) is 2.14. The largest absolute Gasteiger partial charge is 0.481 e. The molecular formula is C13H16N4O. The number of pyridine rings is 2. The van der Waals surface area contributed by atoms with Gasteiger partial charge in [-0.3, -0.25) is 4.98 Å². The molecular weight excluding hydrogens is 228 g/mol. The Balaban J connectivity index is 2.09. The summed E-state index contributed by atoms with van der Waals surface area (Å²) in [5, 5.41) is 3.28. The highest BCUT2D eigenvalue weighted by atomic mass is 16.5. The first-order chi connectivity index (χ1) is 8.79. The molecule has 0 bridgehead atoms. The van der Waals surface area contributed by atoms with E-state index in [1.807, 2.05) is 24.4 Å². The molecule has 0 saturated carbocycles. The molecule has 0 aliphatic carbocycles. The van der Waals surface area contributed by atoms with E-state index in [0.29, 0.717) is 11.9 Å². The number of hydrogen-bond donors (Lipinski definition) is 1. The molecule has 0 atom stereocenters. The summed E-state index contributed by atoms with van der Waals surface area (Å²) in [5.74, 6) is 0.622. The second kappa shape index (κ2) is 4.42. The molecule has 1 aliphatic heterocycles. The monoisotopic (exact) mass is 244 g/mol. The summed E-state index contributed by atoms with van der Waals surface area (Å²) in [7, 11) is 3.73. The lowest BCUT2D eigenvalue weighted by molar-refractivity contribution is 0.399. The first-order valence-electron chi connectivity index (χ1n) is 6.03. The number of methoxy groups -OCH3 is 1. The Labute approximate surface area is 106 Å². The van der Waals surface area contributed by atoms with Crippen molar-refractivity contribution in [1.82, 2.24) is 15.3 Å². The molecule has 1 N–H and O–H groups in total. The maximum atomic E-state index is 5.19. The summed E-state index contributed by atoms with van der Waals surface area (Å²) in [6.07, 6.45) is 1.83. The standard InChI is InChI=1S/C13H16N4O/c1-17(9-7-14-8-9)11-5-6-15-10-3-4-12(18-2)16-13(10)11/h3-6,9,14H,7-8H2,1-2H3. The smallest absolute Gasteiger partial charge is 0.213 e. The van der Waals surface area contributed by atoms with E-state index < -0.39 is 0 Å². The van der Waals surface area contributed by atoms with Gasteiger partial charge in [-0.25, -0.2) is 4.98 Å². The van der Waals surface area contributed by atoms with Crippen LogP contribution in [0, 0.1) is 0 Å². The first kappa shape index (κ1) is 11.2. The molecule has 1 fully saturated rings. The van der Waals surface area contributed by atoms with Crippen LogP contribution in [0.25, 0.3) is 11.0 Å². The van der Waals surface area contributed by atoms with Gasteiger partial charge in [0.05, 0.1) is 24.4 Å². The molecule has 0 unspecified atom stereocenters. The summed E-state index contributed by atoms with van der Waals surface area (Å²) >= 11 is 0. The Morgan fingerprint density at radius 1 is 1.33 bits per heavy atom. The predicted molar refractivity (Wildman–Crippen MR) is 71.2 cm³/mol. The van der Waals surface area contributed by atoms with Gasteiger partial charge >= 0.3 is 0 Å². The van der Waals surface area contributed by atoms with E-state index >= 15 is 0 Å². The van der Waals surface area contributed by atoms with Crippen LogP contribution >= 0.6 is 0 Å². The van der Waals surface area contributed by atoms with Crippen LogP contribution in [-0.4, -0.2) is 43.3 Å². The number of aromatic nitrogens is 2. The van der Waals surface area contributed by atoms with Gasteiger partial charge in [-0.2, -0.15) is 0 Å². The van der Waals surface area contributed by atoms with Gasteiger partial charge in [-0.1, -0.05) is 0 Å². The third-order valence-electron chi connectivity index (χ3n) is 3.43. The average Bonchev–Trinajstić information content (AvgIpc) is 2.35. The number of likely N-dealkylation sites (N-methyl/N-ethyl adjacent to an activating group) is 1. The first-order valence-corrected chi connectivity index (χ1v) is 6.03. The summed E-state index contributed by atoms with van der Waals surface area (Å²) in [6, 6.07) is 6.32. The van der Waals surface area contributed by atoms with E-state index in [-0.39, 0.29) is 0 Å². The van der Waals surface area contributed by atoms with Gasteiger partial charge in [0.25, 0.3) is 0 Å². The zero-order valence-corrected chi connectivity index (χ0v) is 10.6. The molecule has 1 saturated heterocycles. The number of rotatable bonds is 3. The fourth-order valence-electron chi connectivity index (χ4n) is 2.14. The molecule has 1 aliphatic rings. The van der Waals surface area contributed by atoms with Crippen LogP contribution in [0.1, 0.15) is 0 Å². The molecule has 3 heterocycles. The summed E-state index contributed by atoms with van der Waals surface area (Å²) in [4.78, 5) is 11.1. The summed E-state index contributed by atoms with van der Waals surface area (Å²) in [6.45, 7) is 2.04. The SMILES string of the molecule is COc1ccc2nccc(N(C)C3CNC3)c2n1. The van der Waals surface area contributed by atoms with Gasteiger partial charge in [-0.05, 0) is 12.1 Å². The maximum absolute atomic E-state index is 5.19. The third kappa shape index (κ3) is 1.76. The van der Waals surface area contributed by atoms with Crippen molar-refractivity contribution in [3.8, 4) is 5.88 Å². The lowest BCUT2D eigenvalue weighted by atomic mass is 10.1. The van der Waals surface area contributed by atoms with E-state index in [4.69, 9.17) is 4.74 Å². The number of anilines is 1. The van der Waals surface area contributed by atoms with Crippen LogP contribution < -0.4 is 15.0 Å². The van der Waals surface area contributed by atoms with Gasteiger partial charge < -0.3 is 15.0 Å². The Kier molecular flexibility index (Phi) is 2.76. The number of ether oxygens (including phenoxy) is 1. The van der Waals surface area contributed by atoms with E-state index in [0.717, 1.165) is 29.8 Å². The quantitative estimate of drug-likeness (QED) is 0.874. The van der Waals surface area contributed by atoms with Crippen LogP contribution in [0.4, 0.5) is 5.69 Å². The molecule has 0 spiro atoms. The van der Waals surface area contributed by atoms with E-state index in [1.54, 1.807) is 7.11 Å². The van der Waals surface area contributed by atoms with Crippen LogP contribution in [0.15, 0.2) is 24.4 Å². The molecule has 2 aromatic heterocycles. The average molecular weight is 244 g/mol. The van der Waals surface area contributed by atoms with Gasteiger partial charge in [0, 0.05) is 32.4 Å². The number of fused-ring (bicyclic) bond motifs is 1. The molecule has 0 amide bonds. The second-order valence-electron chi connectivity index (χ2n) is 4.47. The summed E-state index contributed by atoms with van der Waals surface area (Å²) in [5.41, 5.74) is 2.89. The molecule has 3 rings (SSSR count). The number of hydrogen-bond acceptors (Lipinski definition) is 5. The highest BCUT2D eigenvalue weighted by Gasteiger charge is 2.23. The highest BCUT2D eigenvalue weighted by molar-refractivity contribution is 5.88. The lowest BCUT2D eigenvalue weighted by Crippen LogP contribution is -2.56. The van der Waals surface area contributed by atoms with Crippen LogP contribution in [0.5, 0.6) is 5.88 Å². The molecule has 5 nitrogen and oxygen atoms in total. The summed E-state index contributed by atoms with van der Waals surface area (Å²) < 4.78 is 5.19. The second-order valence-corrected chi connectivity index (χ2v) is 4.47. The highest BCUT2D eigenvalue weighted by Crippen LogP contribution is 2.26. The van der Waals surface area contributed by atoms with Gasteiger partial charge in [0.15, 0.2) is 0 Å². The molecule has 2 aromatic rings. The van der Waals surface area contributed by atoms with Crippen molar-refractivity contribution in [3.05, 3.63) is 24.4 Å². The topological polar surface area (TPSA) is 50.3 Å². The van der Waals surface area contributed by atoms with Crippen molar-refractivity contribution in [3.63, 3.8) is 0 Å². The van der Waals surface area contributed by atoms with Crippen molar-refractivity contribution in [1.29, 1.82) is 0 Å². The predicted octanol–water partition coefficient (Wildman–Crippen LogP) is 1.05. The van der Waals surface area contributed by atoms with Crippen molar-refractivity contribution in [2.75, 3.05) is 32.1 Å². The minimum absolute atomic E-state index is 0.531. The van der Waals surface area contributed by atoms with Crippen molar-refractivity contribution in [2.24, 2.45) is 0 Å². The lowest BCUT2D eigenvalue weighted by Gasteiger charge is -2.37. The van der Waals surface area contributed by atoms with Crippen molar-refractivity contribution >= 4 is 16.7 Å². The van der Waals surface area contributed by atoms with Gasteiger partial charge in [-0.15, -0.1) is 0 Å². The Morgan fingerprint density at radius 2 is 2.17 bits per heavy atom. The molecule has 94 valence electrons. The minimum atomic E-state index is 0.531. The van der Waals surface area contributed by atoms with E-state index in [2.05, 4.69) is 27.2 Å². The number of nitrogens with one attached hydrogen (secondary N) is 1. The maximum Gasteiger partial charge on any atom is 0.213 e. The zero-order valence-electron chi connectivity index (χ0n) is 10.6. The van der Waals surface area contributed by atoms with Crippen LogP contribution in [0.3, 0.4) is 0 Å².